The van der Waals surface area contributed by atoms with Crippen molar-refractivity contribution in [3.05, 3.63) is 59.2 Å². The molecule has 156 valence electrons. The van der Waals surface area contributed by atoms with Crippen LogP contribution in [0.25, 0.3) is 0 Å². The molecular weight excluding hydrogens is 396 g/mol. The SMILES string of the molecule is COc1ccc(C)cc1CC(=O)OCC(=O)N[C@H](C)c1ccc(S(N)(=O)=O)cc1. The number of carbonyl (C=O) groups excluding carboxylic acids is 2. The lowest BCUT2D eigenvalue weighted by molar-refractivity contribution is -0.148. The zero-order chi connectivity index (χ0) is 21.6. The molecule has 9 heteroatoms. The van der Waals surface area contributed by atoms with E-state index in [1.54, 1.807) is 25.1 Å². The summed E-state index contributed by atoms with van der Waals surface area (Å²) in [6, 6.07) is 10.9. The van der Waals surface area contributed by atoms with E-state index in [1.165, 1.54) is 19.2 Å². The summed E-state index contributed by atoms with van der Waals surface area (Å²) in [5.74, 6) is -0.444. The minimum absolute atomic E-state index is 0.0112. The van der Waals surface area contributed by atoms with Gasteiger partial charge in [-0.2, -0.15) is 0 Å². The van der Waals surface area contributed by atoms with Crippen LogP contribution >= 0.6 is 0 Å². The van der Waals surface area contributed by atoms with Crippen molar-refractivity contribution >= 4 is 21.9 Å². The number of esters is 1. The number of nitrogens with one attached hydrogen (secondary N) is 1. The Morgan fingerprint density at radius 2 is 1.79 bits per heavy atom. The monoisotopic (exact) mass is 420 g/mol. The van der Waals surface area contributed by atoms with Gasteiger partial charge in [-0.3, -0.25) is 9.59 Å². The number of methoxy groups -OCH3 is 1. The Balaban J connectivity index is 1.87. The highest BCUT2D eigenvalue weighted by atomic mass is 32.2. The van der Waals surface area contributed by atoms with Crippen LogP contribution in [0.5, 0.6) is 5.75 Å². The second kappa shape index (κ2) is 9.53. The summed E-state index contributed by atoms with van der Waals surface area (Å²) >= 11 is 0. The van der Waals surface area contributed by atoms with Gasteiger partial charge in [-0.05, 0) is 37.6 Å². The van der Waals surface area contributed by atoms with Gasteiger partial charge in [0.05, 0.1) is 24.5 Å². The molecule has 0 aliphatic carbocycles. The van der Waals surface area contributed by atoms with E-state index in [0.29, 0.717) is 16.9 Å². The second-order valence-corrected chi connectivity index (χ2v) is 8.12. The van der Waals surface area contributed by atoms with Gasteiger partial charge in [-0.15, -0.1) is 0 Å². The minimum atomic E-state index is -3.77. The number of hydrogen-bond donors (Lipinski definition) is 2. The molecule has 0 aliphatic heterocycles. The van der Waals surface area contributed by atoms with Crippen LogP contribution in [0.15, 0.2) is 47.4 Å². The van der Waals surface area contributed by atoms with Crippen LogP contribution in [0.4, 0.5) is 0 Å². The van der Waals surface area contributed by atoms with Crippen LogP contribution in [0.3, 0.4) is 0 Å². The molecule has 0 radical (unpaired) electrons. The van der Waals surface area contributed by atoms with E-state index >= 15 is 0 Å². The predicted octanol–water partition coefficient (Wildman–Crippen LogP) is 1.61. The quantitative estimate of drug-likeness (QED) is 0.625. The van der Waals surface area contributed by atoms with Crippen LogP contribution in [0.1, 0.15) is 29.7 Å². The van der Waals surface area contributed by atoms with Gasteiger partial charge >= 0.3 is 5.97 Å². The molecule has 0 aromatic heterocycles. The fourth-order valence-corrected chi connectivity index (χ4v) is 3.23. The zero-order valence-electron chi connectivity index (χ0n) is 16.5. The highest BCUT2D eigenvalue weighted by Gasteiger charge is 2.15. The number of ether oxygens (including phenoxy) is 2. The van der Waals surface area contributed by atoms with Crippen molar-refractivity contribution in [2.45, 2.75) is 31.2 Å². The molecule has 29 heavy (non-hydrogen) atoms. The summed E-state index contributed by atoms with van der Waals surface area (Å²) in [6.45, 7) is 3.20. The molecule has 0 fully saturated rings. The van der Waals surface area contributed by atoms with E-state index in [0.717, 1.165) is 5.56 Å². The predicted molar refractivity (Wildman–Crippen MR) is 107 cm³/mol. The Hall–Kier alpha value is -2.91. The van der Waals surface area contributed by atoms with E-state index < -0.39 is 34.5 Å². The summed E-state index contributed by atoms with van der Waals surface area (Å²) in [5.41, 5.74) is 2.34. The van der Waals surface area contributed by atoms with Gasteiger partial charge in [-0.1, -0.05) is 29.8 Å². The third-order valence-electron chi connectivity index (χ3n) is 4.22. The first-order valence-corrected chi connectivity index (χ1v) is 10.4. The van der Waals surface area contributed by atoms with Gasteiger partial charge in [0.1, 0.15) is 5.75 Å². The molecule has 0 spiro atoms. The summed E-state index contributed by atoms with van der Waals surface area (Å²) in [6.07, 6.45) is -0.0112. The molecule has 0 saturated carbocycles. The fraction of sp³-hybridized carbons (Fsp3) is 0.300. The number of amides is 1. The largest absolute Gasteiger partial charge is 0.496 e. The van der Waals surface area contributed by atoms with Crippen molar-refractivity contribution in [1.82, 2.24) is 5.32 Å². The lowest BCUT2D eigenvalue weighted by Crippen LogP contribution is -2.31. The maximum absolute atomic E-state index is 12.1. The lowest BCUT2D eigenvalue weighted by Gasteiger charge is -2.15. The molecular formula is C20H24N2O6S. The lowest BCUT2D eigenvalue weighted by atomic mass is 10.1. The van der Waals surface area contributed by atoms with Crippen LogP contribution in [-0.4, -0.2) is 34.0 Å². The molecule has 0 heterocycles. The van der Waals surface area contributed by atoms with Crippen molar-refractivity contribution in [3.63, 3.8) is 0 Å². The molecule has 0 saturated heterocycles. The second-order valence-electron chi connectivity index (χ2n) is 6.56. The van der Waals surface area contributed by atoms with Gasteiger partial charge in [0.15, 0.2) is 6.61 Å². The summed E-state index contributed by atoms with van der Waals surface area (Å²) in [5, 5.41) is 7.74. The minimum Gasteiger partial charge on any atom is -0.496 e. The van der Waals surface area contributed by atoms with E-state index in [4.69, 9.17) is 14.6 Å². The van der Waals surface area contributed by atoms with Crippen molar-refractivity contribution in [3.8, 4) is 5.75 Å². The standard InChI is InChI=1S/C20H24N2O6S/c1-13-4-9-18(27-3)16(10-13)11-20(24)28-12-19(23)22-14(2)15-5-7-17(8-6-15)29(21,25)26/h4-10,14H,11-12H2,1-3H3,(H,22,23)(H2,21,25,26)/t14-/m1/s1. The first kappa shape index (κ1) is 22.4. The van der Waals surface area contributed by atoms with E-state index in [2.05, 4.69) is 5.32 Å². The Bertz CT molecular complexity index is 987. The van der Waals surface area contributed by atoms with Crippen molar-refractivity contribution < 1.29 is 27.5 Å². The molecule has 8 nitrogen and oxygen atoms in total. The first-order valence-electron chi connectivity index (χ1n) is 8.81. The maximum atomic E-state index is 12.1. The maximum Gasteiger partial charge on any atom is 0.310 e. The van der Waals surface area contributed by atoms with E-state index in [9.17, 15) is 18.0 Å². The number of rotatable bonds is 8. The Morgan fingerprint density at radius 3 is 2.38 bits per heavy atom. The van der Waals surface area contributed by atoms with Crippen LogP contribution in [0, 0.1) is 6.92 Å². The Kier molecular flexibility index (Phi) is 7.35. The van der Waals surface area contributed by atoms with Gasteiger partial charge in [0.25, 0.3) is 5.91 Å². The topological polar surface area (TPSA) is 125 Å². The normalized spacial score (nSPS) is 12.1. The zero-order valence-corrected chi connectivity index (χ0v) is 17.3. The molecule has 3 N–H and O–H groups in total. The Morgan fingerprint density at radius 1 is 1.14 bits per heavy atom. The van der Waals surface area contributed by atoms with Crippen molar-refractivity contribution in [2.24, 2.45) is 5.14 Å². The number of sulfonamides is 1. The van der Waals surface area contributed by atoms with E-state index in [1.807, 2.05) is 19.1 Å². The van der Waals surface area contributed by atoms with E-state index in [-0.39, 0.29) is 11.3 Å². The van der Waals surface area contributed by atoms with Gasteiger partial charge < -0.3 is 14.8 Å². The molecule has 0 aliphatic rings. The molecule has 2 rings (SSSR count). The number of aryl methyl sites for hydroxylation is 1. The molecule has 2 aromatic carbocycles. The van der Waals surface area contributed by atoms with Crippen LogP contribution in [0.2, 0.25) is 0 Å². The van der Waals surface area contributed by atoms with Crippen molar-refractivity contribution in [1.29, 1.82) is 0 Å². The fourth-order valence-electron chi connectivity index (χ4n) is 2.71. The third-order valence-corrected chi connectivity index (χ3v) is 5.15. The van der Waals surface area contributed by atoms with Gasteiger partial charge in [0.2, 0.25) is 10.0 Å². The van der Waals surface area contributed by atoms with Gasteiger partial charge in [-0.25, -0.2) is 13.6 Å². The number of nitrogens with two attached hydrogens (primary N) is 1. The molecule has 2 aromatic rings. The molecule has 0 bridgehead atoms. The van der Waals surface area contributed by atoms with Gasteiger partial charge in [0, 0.05) is 5.56 Å². The highest BCUT2D eigenvalue weighted by Crippen LogP contribution is 2.20. The number of carbonyl (C=O) groups is 2. The Labute approximate surface area is 170 Å². The smallest absolute Gasteiger partial charge is 0.310 e. The summed E-state index contributed by atoms with van der Waals surface area (Å²) in [7, 11) is -2.26. The first-order chi connectivity index (χ1) is 13.6. The van der Waals surface area contributed by atoms with Crippen molar-refractivity contribution in [2.75, 3.05) is 13.7 Å². The number of hydrogen-bond acceptors (Lipinski definition) is 6. The highest BCUT2D eigenvalue weighted by molar-refractivity contribution is 7.89. The number of primary sulfonamides is 1. The number of benzene rings is 2. The molecule has 1 amide bonds. The third kappa shape index (κ3) is 6.58. The molecule has 0 unspecified atom stereocenters. The summed E-state index contributed by atoms with van der Waals surface area (Å²) < 4.78 is 32.8. The summed E-state index contributed by atoms with van der Waals surface area (Å²) in [4.78, 5) is 24.1. The molecule has 1 atom stereocenters. The van der Waals surface area contributed by atoms with Crippen LogP contribution in [-0.2, 0) is 30.8 Å². The van der Waals surface area contributed by atoms with Crippen LogP contribution < -0.4 is 15.2 Å². The average Bonchev–Trinajstić information content (AvgIpc) is 2.66. The average molecular weight is 420 g/mol.